The highest BCUT2D eigenvalue weighted by atomic mass is 19.4. The van der Waals surface area contributed by atoms with E-state index in [-0.39, 0.29) is 77.2 Å². The molecular weight excluding hydrogens is 1450 g/mol. The first-order valence-electron chi connectivity index (χ1n) is 30.5. The van der Waals surface area contributed by atoms with Crippen molar-refractivity contribution in [1.82, 2.24) is 0 Å². The van der Waals surface area contributed by atoms with Gasteiger partial charge in [-0.05, 0) is 104 Å². The lowest BCUT2D eigenvalue weighted by molar-refractivity contribution is -0.440. The van der Waals surface area contributed by atoms with Gasteiger partial charge < -0.3 is 33.5 Å². The molecule has 0 atom stereocenters. The van der Waals surface area contributed by atoms with Crippen molar-refractivity contribution < 1.29 is 174 Å². The Bertz CT molecular complexity index is 2740. The summed E-state index contributed by atoms with van der Waals surface area (Å²) in [5, 5.41) is 10.1. The Morgan fingerprint density at radius 3 is 0.680 bits per heavy atom. The van der Waals surface area contributed by atoms with Crippen molar-refractivity contribution in [3.8, 4) is 34.5 Å². The van der Waals surface area contributed by atoms with Crippen molar-refractivity contribution >= 4 is 0 Å². The van der Waals surface area contributed by atoms with E-state index in [2.05, 4.69) is 0 Å². The summed E-state index contributed by atoms with van der Waals surface area (Å²) in [6, 6.07) is 11.3. The summed E-state index contributed by atoms with van der Waals surface area (Å²) >= 11 is 0. The summed E-state index contributed by atoms with van der Waals surface area (Å²) in [6.45, 7) is -3.22. The molecule has 0 fully saturated rings. The summed E-state index contributed by atoms with van der Waals surface area (Å²) < 4.78 is 464. The van der Waals surface area contributed by atoms with Gasteiger partial charge in [0.05, 0.1) is 33.0 Å². The molecule has 0 radical (unpaired) electrons. The molecule has 1 N–H and O–H groups in total. The van der Waals surface area contributed by atoms with Gasteiger partial charge in [-0.1, -0.05) is 64.2 Å². The van der Waals surface area contributed by atoms with E-state index < -0.39 is 168 Å². The second-order valence-corrected chi connectivity index (χ2v) is 23.2. The quantitative estimate of drug-likeness (QED) is 0.0446. The molecule has 0 aliphatic rings. The highest BCUT2D eigenvalue weighted by Crippen LogP contribution is 2.63. The maximum Gasteiger partial charge on any atom is 0.460 e. The van der Waals surface area contributed by atoms with Crippen LogP contribution in [0.3, 0.4) is 0 Å². The van der Waals surface area contributed by atoms with Crippen LogP contribution >= 0.6 is 0 Å². The van der Waals surface area contributed by atoms with Crippen molar-refractivity contribution in [3.05, 3.63) is 71.3 Å². The van der Waals surface area contributed by atoms with E-state index in [0.717, 1.165) is 0 Å². The number of alkyl halides is 32. The number of aliphatic hydroxyl groups is 1. The topological polar surface area (TPSA) is 75.6 Å². The largest absolute Gasteiger partial charge is 0.493 e. The molecule has 39 heteroatoms. The van der Waals surface area contributed by atoms with Crippen molar-refractivity contribution in [3.63, 3.8) is 0 Å². The molecule has 578 valence electrons. The smallest absolute Gasteiger partial charge is 0.460 e. The molecule has 0 aliphatic heterocycles. The van der Waals surface area contributed by atoms with E-state index in [1.165, 1.54) is 54.6 Å². The molecule has 0 aromatic heterocycles. The van der Waals surface area contributed by atoms with Gasteiger partial charge in [0.1, 0.15) is 47.7 Å². The van der Waals surface area contributed by atoms with Crippen LogP contribution < -0.4 is 28.4 Å². The molecule has 0 bridgehead atoms. The number of unbranched alkanes of at least 4 members (excludes halogenated alkanes) is 14. The van der Waals surface area contributed by atoms with Gasteiger partial charge >= 0.3 is 83.9 Å². The Hall–Kier alpha value is -5.82. The van der Waals surface area contributed by atoms with E-state index in [1.807, 2.05) is 0 Å². The van der Waals surface area contributed by atoms with Gasteiger partial charge in [0.2, 0.25) is 0 Å². The molecule has 3 rings (SSSR count). The maximum atomic E-state index is 14.5. The standard InChI is InChI=1S/C61H68F32O7/c62-48(63,52(72,73)54(76,77)56(80,81)58(84,85)60(88,89)90)19-13-17-25-97-44-31-40(29-42(33-44)95-23-15-9-5-1-3-7-11-21-50(66,67)68)37-99-46-27-39(36-94)28-47(35-46)100-38-41-30-43(96-24-16-10-6-2-4-8-12-22-51(69,70)71)34-45(32-41)98-26-18-14-20-49(64,65)53(74,75)55(78,79)57(82,83)59(86,87)61(91,92)93/h27-35,94H,1-26,36-38H2. The third kappa shape index (κ3) is 24.1. The zero-order valence-corrected chi connectivity index (χ0v) is 52.2. The number of hydrogen-bond donors (Lipinski definition) is 1. The summed E-state index contributed by atoms with van der Waals surface area (Å²) in [6.07, 6.45) is -29.4. The van der Waals surface area contributed by atoms with Gasteiger partial charge in [-0.2, -0.15) is 140 Å². The molecule has 0 saturated heterocycles. The lowest BCUT2D eigenvalue weighted by atomic mass is 9.92. The zero-order chi connectivity index (χ0) is 76.3. The van der Waals surface area contributed by atoms with Gasteiger partial charge in [-0.3, -0.25) is 0 Å². The second kappa shape index (κ2) is 35.6. The Balaban J connectivity index is 1.83. The number of hydrogen-bond acceptors (Lipinski definition) is 7. The van der Waals surface area contributed by atoms with Crippen LogP contribution in [0.1, 0.15) is 158 Å². The van der Waals surface area contributed by atoms with Crippen LogP contribution in [-0.2, 0) is 19.8 Å². The molecule has 3 aromatic carbocycles. The number of benzene rings is 3. The molecule has 3 aromatic rings. The van der Waals surface area contributed by atoms with E-state index in [9.17, 15) is 146 Å². The van der Waals surface area contributed by atoms with Crippen LogP contribution in [0.5, 0.6) is 34.5 Å². The first-order valence-corrected chi connectivity index (χ1v) is 30.5. The molecule has 0 saturated carbocycles. The van der Waals surface area contributed by atoms with E-state index in [4.69, 9.17) is 28.4 Å². The Labute approximate surface area is 550 Å². The van der Waals surface area contributed by atoms with Gasteiger partial charge in [-0.25, -0.2) is 0 Å². The van der Waals surface area contributed by atoms with Crippen LogP contribution in [0.15, 0.2) is 54.6 Å². The minimum absolute atomic E-state index is 0.00583. The molecular formula is C61H68F32O7. The molecule has 100 heavy (non-hydrogen) atoms. The predicted octanol–water partition coefficient (Wildman–Crippen LogP) is 23.0. The van der Waals surface area contributed by atoms with Gasteiger partial charge in [0, 0.05) is 43.9 Å². The average molecular weight is 1520 g/mol. The highest BCUT2D eigenvalue weighted by Gasteiger charge is 2.92. The highest BCUT2D eigenvalue weighted by molar-refractivity contribution is 5.42. The number of ether oxygens (including phenoxy) is 6. The van der Waals surface area contributed by atoms with Crippen LogP contribution in [-0.4, -0.2) is 115 Å². The third-order valence-corrected chi connectivity index (χ3v) is 14.9. The molecule has 7 nitrogen and oxygen atoms in total. The van der Waals surface area contributed by atoms with Crippen molar-refractivity contribution in [2.75, 3.05) is 26.4 Å². The fraction of sp³-hybridized carbons (Fsp3) is 0.705. The summed E-state index contributed by atoms with van der Waals surface area (Å²) in [5.74, 6) is -76.2. The monoisotopic (exact) mass is 1520 g/mol. The van der Waals surface area contributed by atoms with E-state index in [1.54, 1.807) is 0 Å². The van der Waals surface area contributed by atoms with Crippen LogP contribution in [0.25, 0.3) is 0 Å². The molecule has 0 heterocycles. The maximum absolute atomic E-state index is 14.5. The molecule has 0 amide bonds. The van der Waals surface area contributed by atoms with Gasteiger partial charge in [0.15, 0.2) is 0 Å². The van der Waals surface area contributed by atoms with Crippen molar-refractivity contribution in [2.24, 2.45) is 0 Å². The van der Waals surface area contributed by atoms with Crippen LogP contribution in [0.4, 0.5) is 140 Å². The normalized spacial score (nSPS) is 14.0. The predicted molar refractivity (Wildman–Crippen MR) is 291 cm³/mol. The van der Waals surface area contributed by atoms with Gasteiger partial charge in [-0.15, -0.1) is 0 Å². The number of aliphatic hydroxyl groups excluding tert-OH is 1. The fourth-order valence-corrected chi connectivity index (χ4v) is 9.18. The van der Waals surface area contributed by atoms with E-state index in [0.29, 0.717) is 77.0 Å². The fourth-order valence-electron chi connectivity index (χ4n) is 9.18. The lowest BCUT2D eigenvalue weighted by Gasteiger charge is -2.39. The molecule has 0 unspecified atom stereocenters. The number of halogens is 32. The minimum atomic E-state index is -8.08. The first kappa shape index (κ1) is 88.4. The Kier molecular flexibility index (Phi) is 31.4. The Morgan fingerprint density at radius 2 is 0.430 bits per heavy atom. The SMILES string of the molecule is OCc1cc(OCc2cc(OCCCCCCCCCC(F)(F)F)cc(OCCCCC(F)(F)C(F)(F)C(F)(F)C(F)(F)C(F)(F)C(F)(F)F)c2)cc(OCc2cc(OCCCCCCCCCC(F)(F)F)cc(OCCCCC(F)(F)C(F)(F)C(F)(F)C(F)(F)C(F)(F)C(F)(F)F)c2)c1. The number of rotatable bonds is 47. The van der Waals surface area contributed by atoms with Gasteiger partial charge in [0.25, 0.3) is 0 Å². The van der Waals surface area contributed by atoms with E-state index >= 15 is 0 Å². The average Bonchev–Trinajstić information content (AvgIpc) is 0.719. The first-order chi connectivity index (χ1) is 45.6. The second-order valence-electron chi connectivity index (χ2n) is 23.2. The van der Waals surface area contributed by atoms with Crippen molar-refractivity contribution in [2.45, 2.75) is 245 Å². The molecule has 0 aliphatic carbocycles. The zero-order valence-electron chi connectivity index (χ0n) is 52.2. The van der Waals surface area contributed by atoms with Crippen LogP contribution in [0, 0.1) is 0 Å². The Morgan fingerprint density at radius 1 is 0.220 bits per heavy atom. The molecule has 0 spiro atoms. The minimum Gasteiger partial charge on any atom is -0.493 e. The van der Waals surface area contributed by atoms with Crippen LogP contribution in [0.2, 0.25) is 0 Å². The van der Waals surface area contributed by atoms with Crippen molar-refractivity contribution in [1.29, 1.82) is 0 Å². The summed E-state index contributed by atoms with van der Waals surface area (Å²) in [7, 11) is 0. The lowest BCUT2D eigenvalue weighted by Crippen LogP contribution is -2.70. The third-order valence-electron chi connectivity index (χ3n) is 14.9. The summed E-state index contributed by atoms with van der Waals surface area (Å²) in [5.41, 5.74) is 0.391. The summed E-state index contributed by atoms with van der Waals surface area (Å²) in [4.78, 5) is 0.